The Morgan fingerprint density at radius 2 is 2.04 bits per heavy atom. The lowest BCUT2D eigenvalue weighted by molar-refractivity contribution is -0.126. The average molecular weight is 632 g/mol. The Kier molecular flexibility index (Phi) is 10.3. The van der Waals surface area contributed by atoms with Crippen molar-refractivity contribution in [3.05, 3.63) is 71.4 Å². The molecule has 6 N–H and O–H groups in total. The number of hydrogen-bond donors (Lipinski definition) is 5. The van der Waals surface area contributed by atoms with Crippen molar-refractivity contribution in [1.29, 1.82) is 0 Å². The van der Waals surface area contributed by atoms with Crippen molar-refractivity contribution in [2.45, 2.75) is 51.6 Å². The number of β-amino-alcohol motifs (C(OH)–C–C–N with tert-alkyl or cyclic N) is 1. The second-order valence-electron chi connectivity index (χ2n) is 12.0. The summed E-state index contributed by atoms with van der Waals surface area (Å²) in [6.45, 7) is 5.34. The maximum atomic E-state index is 14.8. The highest BCUT2D eigenvalue weighted by atomic mass is 19.1. The second-order valence-corrected chi connectivity index (χ2v) is 12.0. The monoisotopic (exact) mass is 631 g/mol. The number of benzene rings is 2. The number of carbonyl (C=O) groups is 2. The summed E-state index contributed by atoms with van der Waals surface area (Å²) in [4.78, 5) is 35.0. The fourth-order valence-electron chi connectivity index (χ4n) is 6.02. The SMILES string of the molecule is COc1ccc(-c2cnc3c(Nc4ccc(C(=O)CCCC(CCN)C(=O)NCC5(O)CCNC5)c(C)c4)nccn23)c(C)c1F. The number of Topliss-reactive ketones (excluding diaryl/α,β-unsaturated/α-hetero) is 1. The number of nitrogens with two attached hydrogens (primary N) is 1. The van der Waals surface area contributed by atoms with E-state index in [1.165, 1.54) is 7.11 Å². The number of nitrogens with zero attached hydrogens (tertiary/aromatic N) is 3. The van der Waals surface area contributed by atoms with E-state index in [0.717, 1.165) is 17.8 Å². The summed E-state index contributed by atoms with van der Waals surface area (Å²) in [5.41, 5.74) is 9.44. The van der Waals surface area contributed by atoms with Crippen molar-refractivity contribution in [2.24, 2.45) is 11.7 Å². The van der Waals surface area contributed by atoms with Gasteiger partial charge in [-0.2, -0.15) is 0 Å². The van der Waals surface area contributed by atoms with Crippen LogP contribution in [0.4, 0.5) is 15.9 Å². The van der Waals surface area contributed by atoms with Crippen molar-refractivity contribution >= 4 is 28.8 Å². The Morgan fingerprint density at radius 3 is 2.76 bits per heavy atom. The topological polar surface area (TPSA) is 156 Å². The highest BCUT2D eigenvalue weighted by molar-refractivity contribution is 5.98. The molecule has 1 aliphatic rings. The van der Waals surface area contributed by atoms with E-state index in [2.05, 4.69) is 25.9 Å². The number of amides is 1. The van der Waals surface area contributed by atoms with E-state index in [4.69, 9.17) is 10.5 Å². The minimum Gasteiger partial charge on any atom is -0.494 e. The van der Waals surface area contributed by atoms with Gasteiger partial charge in [0.05, 0.1) is 24.6 Å². The largest absolute Gasteiger partial charge is 0.494 e. The molecule has 46 heavy (non-hydrogen) atoms. The maximum Gasteiger partial charge on any atom is 0.223 e. The third-order valence-electron chi connectivity index (χ3n) is 8.72. The summed E-state index contributed by atoms with van der Waals surface area (Å²) in [6, 6.07) is 8.91. The van der Waals surface area contributed by atoms with Gasteiger partial charge in [0.1, 0.15) is 0 Å². The predicted octanol–water partition coefficient (Wildman–Crippen LogP) is 4.06. The molecule has 1 saturated heterocycles. The Labute approximate surface area is 267 Å². The van der Waals surface area contributed by atoms with Crippen LogP contribution in [0.5, 0.6) is 5.75 Å². The normalized spacial score (nSPS) is 16.8. The van der Waals surface area contributed by atoms with Crippen LogP contribution in [-0.4, -0.2) is 70.1 Å². The summed E-state index contributed by atoms with van der Waals surface area (Å²) in [7, 11) is 1.44. The van der Waals surface area contributed by atoms with Gasteiger partial charge in [-0.05, 0) is 94.1 Å². The molecule has 2 aromatic carbocycles. The zero-order chi connectivity index (χ0) is 32.8. The molecule has 244 valence electrons. The highest BCUT2D eigenvalue weighted by Crippen LogP contribution is 2.32. The summed E-state index contributed by atoms with van der Waals surface area (Å²) in [5.74, 6) is -0.161. The minimum absolute atomic E-state index is 0.00233. The van der Waals surface area contributed by atoms with Crippen LogP contribution in [-0.2, 0) is 4.79 Å². The van der Waals surface area contributed by atoms with E-state index in [1.54, 1.807) is 43.7 Å². The average Bonchev–Trinajstić information content (AvgIpc) is 3.68. The van der Waals surface area contributed by atoms with E-state index in [1.807, 2.05) is 23.5 Å². The smallest absolute Gasteiger partial charge is 0.223 e. The standard InChI is InChI=1S/C34H42FN7O4/c1-21-17-24(41-31-32-39-18-27(42(32)16-15-38-31)26-9-10-29(46-3)30(35)22(26)2)7-8-25(21)28(43)6-4-5-23(11-13-36)33(44)40-20-34(45)12-14-37-19-34/h7-10,15-18,23,37,45H,4-6,11-14,19-20,36H2,1-3H3,(H,38,41)(H,40,44). The number of imidazole rings is 1. The number of aliphatic hydroxyl groups is 1. The fourth-order valence-corrected chi connectivity index (χ4v) is 6.02. The zero-order valence-electron chi connectivity index (χ0n) is 26.5. The first-order valence-corrected chi connectivity index (χ1v) is 15.6. The van der Waals surface area contributed by atoms with Gasteiger partial charge < -0.3 is 31.5 Å². The van der Waals surface area contributed by atoms with Gasteiger partial charge in [0.2, 0.25) is 5.91 Å². The number of fused-ring (bicyclic) bond motifs is 1. The molecule has 0 bridgehead atoms. The van der Waals surface area contributed by atoms with Crippen molar-refractivity contribution < 1.29 is 23.8 Å². The number of nitrogens with one attached hydrogen (secondary N) is 3. The number of halogens is 1. The van der Waals surface area contributed by atoms with Gasteiger partial charge in [0.25, 0.3) is 0 Å². The van der Waals surface area contributed by atoms with Gasteiger partial charge in [0, 0.05) is 54.6 Å². The highest BCUT2D eigenvalue weighted by Gasteiger charge is 2.32. The molecule has 2 unspecified atom stereocenters. The van der Waals surface area contributed by atoms with E-state index in [-0.39, 0.29) is 29.9 Å². The van der Waals surface area contributed by atoms with Crippen molar-refractivity contribution in [2.75, 3.05) is 38.6 Å². The Morgan fingerprint density at radius 1 is 1.22 bits per heavy atom. The van der Waals surface area contributed by atoms with Crippen LogP contribution in [0.3, 0.4) is 0 Å². The van der Waals surface area contributed by atoms with Crippen LogP contribution < -0.4 is 26.4 Å². The number of hydrogen-bond acceptors (Lipinski definition) is 9. The van der Waals surface area contributed by atoms with Crippen LogP contribution in [0.15, 0.2) is 48.9 Å². The second kappa shape index (κ2) is 14.4. The van der Waals surface area contributed by atoms with Gasteiger partial charge in [-0.25, -0.2) is 14.4 Å². The molecular weight excluding hydrogens is 589 g/mol. The number of carbonyl (C=O) groups excluding carboxylic acids is 2. The van der Waals surface area contributed by atoms with E-state index in [9.17, 15) is 19.1 Å². The molecule has 11 nitrogen and oxygen atoms in total. The molecule has 1 fully saturated rings. The third-order valence-corrected chi connectivity index (χ3v) is 8.72. The lowest BCUT2D eigenvalue weighted by Crippen LogP contribution is -2.46. The summed E-state index contributed by atoms with van der Waals surface area (Å²) < 4.78 is 21.7. The summed E-state index contributed by atoms with van der Waals surface area (Å²) >= 11 is 0. The number of rotatable bonds is 14. The lowest BCUT2D eigenvalue weighted by atomic mass is 9.94. The maximum absolute atomic E-state index is 14.8. The third kappa shape index (κ3) is 7.19. The number of aryl methyl sites for hydroxylation is 1. The molecule has 0 radical (unpaired) electrons. The van der Waals surface area contributed by atoms with Gasteiger partial charge in [-0.15, -0.1) is 0 Å². The van der Waals surface area contributed by atoms with Crippen LogP contribution in [0, 0.1) is 25.6 Å². The first-order chi connectivity index (χ1) is 22.1. The number of methoxy groups -OCH3 is 1. The van der Waals surface area contributed by atoms with E-state index < -0.39 is 11.4 Å². The van der Waals surface area contributed by atoms with Crippen LogP contribution in [0.1, 0.15) is 53.6 Å². The lowest BCUT2D eigenvalue weighted by Gasteiger charge is -2.23. The summed E-state index contributed by atoms with van der Waals surface area (Å²) in [6.07, 6.45) is 7.61. The quantitative estimate of drug-likeness (QED) is 0.130. The molecule has 0 saturated carbocycles. The molecule has 1 aliphatic heterocycles. The molecule has 2 atom stereocenters. The van der Waals surface area contributed by atoms with Crippen LogP contribution in [0.25, 0.3) is 16.9 Å². The predicted molar refractivity (Wildman–Crippen MR) is 175 cm³/mol. The minimum atomic E-state index is -0.918. The molecule has 12 heteroatoms. The van der Waals surface area contributed by atoms with E-state index in [0.29, 0.717) is 79.0 Å². The molecule has 3 heterocycles. The molecular formula is C34H42FN7O4. The molecule has 1 amide bonds. The molecule has 0 spiro atoms. The number of anilines is 2. The van der Waals surface area contributed by atoms with Crippen LogP contribution >= 0.6 is 0 Å². The Balaban J connectivity index is 1.22. The van der Waals surface area contributed by atoms with Crippen molar-refractivity contribution in [3.63, 3.8) is 0 Å². The Bertz CT molecular complexity index is 1720. The Hall–Kier alpha value is -4.39. The number of ketones is 1. The van der Waals surface area contributed by atoms with Gasteiger partial charge in [0.15, 0.2) is 28.8 Å². The number of aromatic nitrogens is 3. The molecule has 5 rings (SSSR count). The molecule has 4 aromatic rings. The van der Waals surface area contributed by atoms with E-state index >= 15 is 0 Å². The molecule has 0 aliphatic carbocycles. The summed E-state index contributed by atoms with van der Waals surface area (Å²) in [5, 5.41) is 19.8. The fraction of sp³-hybridized carbons (Fsp3) is 0.412. The first kappa shape index (κ1) is 33.0. The zero-order valence-corrected chi connectivity index (χ0v) is 26.5. The van der Waals surface area contributed by atoms with Gasteiger partial charge in [-0.3, -0.25) is 14.0 Å². The van der Waals surface area contributed by atoms with Crippen molar-refractivity contribution in [1.82, 2.24) is 25.0 Å². The first-order valence-electron chi connectivity index (χ1n) is 15.6. The van der Waals surface area contributed by atoms with Gasteiger partial charge in [-0.1, -0.05) is 0 Å². The molecule has 2 aromatic heterocycles. The van der Waals surface area contributed by atoms with Gasteiger partial charge >= 0.3 is 0 Å². The van der Waals surface area contributed by atoms with Crippen LogP contribution in [0.2, 0.25) is 0 Å². The van der Waals surface area contributed by atoms with Crippen molar-refractivity contribution in [3.8, 4) is 17.0 Å². The number of ether oxygens (including phenoxy) is 1.